The molecule has 0 bridgehead atoms. The van der Waals surface area contributed by atoms with E-state index < -0.39 is 22.2 Å². The topological polar surface area (TPSA) is 92.7 Å². The molecule has 0 saturated carbocycles. The second-order valence-electron chi connectivity index (χ2n) is 6.04. The number of carboxylic acids is 1. The summed E-state index contributed by atoms with van der Waals surface area (Å²) in [5, 5.41) is 9.04. The Labute approximate surface area is 189 Å². The van der Waals surface area contributed by atoms with Crippen LogP contribution >= 0.6 is 43.5 Å². The molecule has 2 N–H and O–H groups in total. The van der Waals surface area contributed by atoms with Crippen molar-refractivity contribution in [1.82, 2.24) is 0 Å². The van der Waals surface area contributed by atoms with E-state index in [9.17, 15) is 17.6 Å². The maximum Gasteiger partial charge on any atom is 0.338 e. The molecule has 0 fully saturated rings. The van der Waals surface area contributed by atoms with Crippen molar-refractivity contribution in [3.8, 4) is 5.75 Å². The number of benzene rings is 2. The lowest BCUT2D eigenvalue weighted by Gasteiger charge is -2.14. The van der Waals surface area contributed by atoms with Gasteiger partial charge >= 0.3 is 5.97 Å². The largest absolute Gasteiger partial charge is 0.487 e. The van der Waals surface area contributed by atoms with E-state index in [1.54, 1.807) is 24.3 Å². The van der Waals surface area contributed by atoms with Crippen LogP contribution in [0.3, 0.4) is 0 Å². The monoisotopic (exact) mass is 571 g/mol. The fourth-order valence-corrected chi connectivity index (χ4v) is 4.75. The zero-order valence-corrected chi connectivity index (χ0v) is 19.8. The first-order valence-electron chi connectivity index (χ1n) is 8.28. The minimum atomic E-state index is -3.44. The molecule has 0 aliphatic carbocycles. The molecule has 6 nitrogen and oxygen atoms in total. The summed E-state index contributed by atoms with van der Waals surface area (Å²) in [6.07, 6.45) is -2.28. The highest BCUT2D eigenvalue weighted by molar-refractivity contribution is 9.11. The van der Waals surface area contributed by atoms with Crippen LogP contribution in [-0.4, -0.2) is 31.4 Å². The van der Waals surface area contributed by atoms with Crippen LogP contribution in [0, 0.1) is 0 Å². The molecule has 0 heterocycles. The fourth-order valence-electron chi connectivity index (χ4n) is 2.36. The molecule has 0 aromatic heterocycles. The third-order valence-electron chi connectivity index (χ3n) is 3.74. The lowest BCUT2D eigenvalue weighted by Crippen LogP contribution is -2.17. The van der Waals surface area contributed by atoms with Crippen LogP contribution in [0.5, 0.6) is 5.75 Å². The standard InChI is InChI=1S/C18H17Br2ClFNO5S/c1-2-29(26,27)23-13-4-11(3-12(21)8-13)9-28-17-14(19)5-10(6-15(17)20)7-16(22)18(24)25/h3-6,8,16,23H,2,7,9H2,1H3,(H,24,25). The molecule has 158 valence electrons. The molecule has 0 saturated heterocycles. The maximum atomic E-state index is 13.4. The van der Waals surface area contributed by atoms with E-state index in [0.717, 1.165) is 0 Å². The van der Waals surface area contributed by atoms with Crippen LogP contribution in [0.1, 0.15) is 18.1 Å². The summed E-state index contributed by atoms with van der Waals surface area (Å²) in [5.74, 6) is -1.16. The predicted octanol–water partition coefficient (Wildman–Crippen LogP) is 5.17. The minimum absolute atomic E-state index is 0.0702. The first kappa shape index (κ1) is 23.9. The summed E-state index contributed by atoms with van der Waals surface area (Å²) in [6.45, 7) is 1.61. The Morgan fingerprint density at radius 1 is 1.21 bits per heavy atom. The van der Waals surface area contributed by atoms with Gasteiger partial charge in [-0.15, -0.1) is 0 Å². The van der Waals surface area contributed by atoms with Gasteiger partial charge in [0, 0.05) is 11.4 Å². The average Bonchev–Trinajstić information content (AvgIpc) is 2.60. The molecule has 29 heavy (non-hydrogen) atoms. The van der Waals surface area contributed by atoms with Gasteiger partial charge in [-0.2, -0.15) is 0 Å². The summed E-state index contributed by atoms with van der Waals surface area (Å²) >= 11 is 12.7. The van der Waals surface area contributed by atoms with Gasteiger partial charge in [0.05, 0.1) is 20.4 Å². The maximum absolute atomic E-state index is 13.4. The number of aliphatic carboxylic acids is 1. The quantitative estimate of drug-likeness (QED) is 0.432. The van der Waals surface area contributed by atoms with Crippen LogP contribution in [0.25, 0.3) is 0 Å². The van der Waals surface area contributed by atoms with E-state index in [0.29, 0.717) is 36.5 Å². The van der Waals surface area contributed by atoms with Crippen LogP contribution in [0.15, 0.2) is 39.3 Å². The van der Waals surface area contributed by atoms with Gasteiger partial charge in [0.1, 0.15) is 12.4 Å². The fraction of sp³-hybridized carbons (Fsp3) is 0.278. The Kier molecular flexibility index (Phi) is 8.33. The summed E-state index contributed by atoms with van der Waals surface area (Å²) in [7, 11) is -3.44. The van der Waals surface area contributed by atoms with Crippen molar-refractivity contribution in [2.24, 2.45) is 0 Å². The van der Waals surface area contributed by atoms with E-state index >= 15 is 0 Å². The van der Waals surface area contributed by atoms with Gasteiger partial charge in [0.15, 0.2) is 0 Å². The van der Waals surface area contributed by atoms with Gasteiger partial charge in [-0.25, -0.2) is 17.6 Å². The number of carbonyl (C=O) groups is 1. The number of hydrogen-bond donors (Lipinski definition) is 2. The zero-order valence-electron chi connectivity index (χ0n) is 15.1. The molecular weight excluding hydrogens is 557 g/mol. The van der Waals surface area contributed by atoms with Gasteiger partial charge < -0.3 is 9.84 Å². The molecule has 0 aliphatic rings. The molecule has 0 spiro atoms. The van der Waals surface area contributed by atoms with Crippen molar-refractivity contribution in [1.29, 1.82) is 0 Å². The number of hydrogen-bond acceptors (Lipinski definition) is 4. The molecule has 2 rings (SSSR count). The molecule has 1 atom stereocenters. The van der Waals surface area contributed by atoms with Crippen molar-refractivity contribution < 1.29 is 27.4 Å². The zero-order chi connectivity index (χ0) is 21.8. The molecule has 1 unspecified atom stereocenters. The average molecular weight is 574 g/mol. The van der Waals surface area contributed by atoms with Gasteiger partial charge in [-0.3, -0.25) is 4.72 Å². The Balaban J connectivity index is 2.17. The SMILES string of the molecule is CCS(=O)(=O)Nc1cc(Cl)cc(COc2c(Br)cc(CC(F)C(=O)O)cc2Br)c1. The molecule has 0 amide bonds. The van der Waals surface area contributed by atoms with Gasteiger partial charge in [-0.1, -0.05) is 11.6 Å². The lowest BCUT2D eigenvalue weighted by molar-refractivity contribution is -0.142. The van der Waals surface area contributed by atoms with E-state index in [1.165, 1.54) is 13.0 Å². The normalized spacial score (nSPS) is 12.4. The third kappa shape index (κ3) is 7.13. The van der Waals surface area contributed by atoms with Crippen molar-refractivity contribution >= 4 is 65.1 Å². The number of rotatable bonds is 9. The van der Waals surface area contributed by atoms with Gasteiger partial charge in [0.2, 0.25) is 16.2 Å². The summed E-state index contributed by atoms with van der Waals surface area (Å²) in [5.41, 5.74) is 1.43. The lowest BCUT2D eigenvalue weighted by atomic mass is 10.1. The number of carboxylic acid groups (broad SMARTS) is 1. The first-order chi connectivity index (χ1) is 13.5. The Bertz CT molecular complexity index is 996. The van der Waals surface area contributed by atoms with E-state index in [2.05, 4.69) is 36.6 Å². The van der Waals surface area contributed by atoms with Crippen LogP contribution in [0.4, 0.5) is 10.1 Å². The predicted molar refractivity (Wildman–Crippen MR) is 117 cm³/mol. The highest BCUT2D eigenvalue weighted by Crippen LogP contribution is 2.36. The van der Waals surface area contributed by atoms with E-state index in [4.69, 9.17) is 21.4 Å². The smallest absolute Gasteiger partial charge is 0.338 e. The second-order valence-corrected chi connectivity index (χ2v) is 10.2. The highest BCUT2D eigenvalue weighted by atomic mass is 79.9. The molecular formula is C18H17Br2ClFNO5S. The molecule has 2 aromatic rings. The summed E-state index contributed by atoms with van der Waals surface area (Å²) in [4.78, 5) is 10.7. The van der Waals surface area contributed by atoms with Crippen LogP contribution in [0.2, 0.25) is 5.02 Å². The number of ether oxygens (including phenoxy) is 1. The number of sulfonamides is 1. The van der Waals surface area contributed by atoms with Crippen molar-refractivity contribution in [2.75, 3.05) is 10.5 Å². The van der Waals surface area contributed by atoms with Crippen molar-refractivity contribution in [3.05, 3.63) is 55.4 Å². The second kappa shape index (κ2) is 10.1. The van der Waals surface area contributed by atoms with Crippen LogP contribution in [-0.2, 0) is 27.8 Å². The number of halogens is 4. The van der Waals surface area contributed by atoms with Crippen molar-refractivity contribution in [2.45, 2.75) is 26.1 Å². The van der Waals surface area contributed by atoms with E-state index in [-0.39, 0.29) is 18.8 Å². The minimum Gasteiger partial charge on any atom is -0.487 e. The van der Waals surface area contributed by atoms with Crippen LogP contribution < -0.4 is 9.46 Å². The van der Waals surface area contributed by atoms with E-state index in [1.807, 2.05) is 0 Å². The van der Waals surface area contributed by atoms with Crippen molar-refractivity contribution in [3.63, 3.8) is 0 Å². The highest BCUT2D eigenvalue weighted by Gasteiger charge is 2.18. The summed E-state index contributed by atoms with van der Waals surface area (Å²) < 4.78 is 46.2. The summed E-state index contributed by atoms with van der Waals surface area (Å²) in [6, 6.07) is 7.90. The molecule has 11 heteroatoms. The number of anilines is 1. The first-order valence-corrected chi connectivity index (χ1v) is 11.9. The molecule has 0 aliphatic heterocycles. The molecule has 0 radical (unpaired) electrons. The van der Waals surface area contributed by atoms with Gasteiger partial charge in [-0.05, 0) is 80.2 Å². The number of nitrogens with one attached hydrogen (secondary N) is 1. The Morgan fingerprint density at radius 3 is 2.38 bits per heavy atom. The Hall–Kier alpha value is -1.36. The Morgan fingerprint density at radius 2 is 1.83 bits per heavy atom. The third-order valence-corrected chi connectivity index (χ3v) is 6.44. The molecule has 2 aromatic carbocycles. The number of alkyl halides is 1. The van der Waals surface area contributed by atoms with Gasteiger partial charge in [0.25, 0.3) is 0 Å².